The molecule has 1 atom stereocenters. The van der Waals surface area contributed by atoms with Crippen LogP contribution in [0.4, 0.5) is 0 Å². The van der Waals surface area contributed by atoms with Crippen LogP contribution in [0.2, 0.25) is 0 Å². The molecule has 0 spiro atoms. The summed E-state index contributed by atoms with van der Waals surface area (Å²) >= 11 is 1.88. The molecule has 2 aromatic rings. The van der Waals surface area contributed by atoms with Crippen LogP contribution < -0.4 is 4.74 Å². The number of carbonyl (C=O) groups is 2. The first kappa shape index (κ1) is 17.9. The largest absolute Gasteiger partial charge is 0.473 e. The fraction of sp³-hybridized carbons (Fsp3) is 0.421. The molecule has 4 heterocycles. The number of thioether (sulfide) groups is 1. The molecule has 142 valence electrons. The monoisotopic (exact) mass is 387 g/mol. The Hall–Kier alpha value is -2.48. The van der Waals surface area contributed by atoms with E-state index in [0.29, 0.717) is 43.4 Å². The van der Waals surface area contributed by atoms with Crippen LogP contribution in [-0.4, -0.2) is 70.4 Å². The summed E-state index contributed by atoms with van der Waals surface area (Å²) in [5.74, 6) is 2.79. The fourth-order valence-corrected chi connectivity index (χ4v) is 4.30. The maximum Gasteiger partial charge on any atom is 0.289 e. The number of carbonyl (C=O) groups excluding carboxylic acids is 2. The molecule has 2 aliphatic rings. The van der Waals surface area contributed by atoms with Crippen LogP contribution in [0.1, 0.15) is 27.3 Å². The topological polar surface area (TPSA) is 75.9 Å². The highest BCUT2D eigenvalue weighted by Gasteiger charge is 2.27. The first-order valence-corrected chi connectivity index (χ1v) is 10.2. The molecule has 0 aromatic carbocycles. The van der Waals surface area contributed by atoms with E-state index in [4.69, 9.17) is 9.15 Å². The predicted octanol–water partition coefficient (Wildman–Crippen LogP) is 2.16. The molecule has 0 aliphatic carbocycles. The Morgan fingerprint density at radius 3 is 2.48 bits per heavy atom. The van der Waals surface area contributed by atoms with Gasteiger partial charge in [0.15, 0.2) is 5.76 Å². The highest BCUT2D eigenvalue weighted by molar-refractivity contribution is 7.99. The van der Waals surface area contributed by atoms with Crippen LogP contribution in [0, 0.1) is 0 Å². The van der Waals surface area contributed by atoms with Crippen LogP contribution >= 0.6 is 11.8 Å². The minimum absolute atomic E-state index is 0.0735. The van der Waals surface area contributed by atoms with E-state index in [-0.39, 0.29) is 17.9 Å². The van der Waals surface area contributed by atoms with Crippen molar-refractivity contribution in [3.05, 3.63) is 48.0 Å². The van der Waals surface area contributed by atoms with Crippen molar-refractivity contribution >= 4 is 23.6 Å². The van der Waals surface area contributed by atoms with Crippen molar-refractivity contribution in [3.63, 3.8) is 0 Å². The van der Waals surface area contributed by atoms with Crippen molar-refractivity contribution in [2.24, 2.45) is 0 Å². The van der Waals surface area contributed by atoms with Crippen LogP contribution in [0.15, 0.2) is 41.1 Å². The Morgan fingerprint density at radius 2 is 1.89 bits per heavy atom. The van der Waals surface area contributed by atoms with Gasteiger partial charge in [0.1, 0.15) is 6.10 Å². The van der Waals surface area contributed by atoms with Gasteiger partial charge in [-0.05, 0) is 30.4 Å². The molecule has 0 saturated carbocycles. The molecule has 2 fully saturated rings. The van der Waals surface area contributed by atoms with Gasteiger partial charge < -0.3 is 19.0 Å². The third-order valence-electron chi connectivity index (χ3n) is 4.74. The van der Waals surface area contributed by atoms with Crippen molar-refractivity contribution in [2.75, 3.05) is 37.7 Å². The number of amides is 2. The van der Waals surface area contributed by atoms with Crippen LogP contribution in [0.3, 0.4) is 0 Å². The average Bonchev–Trinajstić information content (AvgIpc) is 3.42. The quantitative estimate of drug-likeness (QED) is 0.800. The second-order valence-corrected chi connectivity index (χ2v) is 7.70. The van der Waals surface area contributed by atoms with Crippen molar-refractivity contribution in [2.45, 2.75) is 12.5 Å². The number of furan rings is 1. The maximum absolute atomic E-state index is 12.7. The number of piperazine rings is 1. The number of pyridine rings is 1. The summed E-state index contributed by atoms with van der Waals surface area (Å²) in [6.07, 6.45) is 4.30. The third kappa shape index (κ3) is 4.10. The Kier molecular flexibility index (Phi) is 5.33. The lowest BCUT2D eigenvalue weighted by Crippen LogP contribution is -2.50. The molecule has 27 heavy (non-hydrogen) atoms. The van der Waals surface area contributed by atoms with Gasteiger partial charge in [-0.15, -0.1) is 0 Å². The minimum Gasteiger partial charge on any atom is -0.473 e. The van der Waals surface area contributed by atoms with Gasteiger partial charge in [-0.1, -0.05) is 0 Å². The van der Waals surface area contributed by atoms with Crippen LogP contribution in [0.5, 0.6) is 5.88 Å². The molecule has 0 N–H and O–H groups in total. The molecule has 4 rings (SSSR count). The van der Waals surface area contributed by atoms with Gasteiger partial charge in [0.2, 0.25) is 5.88 Å². The molecular formula is C19H21N3O4S. The van der Waals surface area contributed by atoms with Crippen LogP contribution in [-0.2, 0) is 0 Å². The first-order chi connectivity index (χ1) is 13.2. The lowest BCUT2D eigenvalue weighted by atomic mass is 10.2. The fourth-order valence-electron chi connectivity index (χ4n) is 3.20. The summed E-state index contributed by atoms with van der Waals surface area (Å²) in [6, 6.07) is 6.86. The highest BCUT2D eigenvalue weighted by atomic mass is 32.2. The summed E-state index contributed by atoms with van der Waals surface area (Å²) in [7, 11) is 0. The van der Waals surface area contributed by atoms with E-state index in [1.54, 1.807) is 40.3 Å². The Morgan fingerprint density at radius 1 is 1.11 bits per heavy atom. The van der Waals surface area contributed by atoms with Gasteiger partial charge in [-0.3, -0.25) is 9.59 Å². The number of hydrogen-bond donors (Lipinski definition) is 0. The van der Waals surface area contributed by atoms with Crippen LogP contribution in [0.25, 0.3) is 0 Å². The normalized spacial score (nSPS) is 19.9. The number of aromatic nitrogens is 1. The molecule has 0 bridgehead atoms. The summed E-state index contributed by atoms with van der Waals surface area (Å²) < 4.78 is 11.0. The second-order valence-electron chi connectivity index (χ2n) is 6.55. The van der Waals surface area contributed by atoms with Crippen molar-refractivity contribution in [3.8, 4) is 5.88 Å². The second kappa shape index (κ2) is 8.04. The third-order valence-corrected chi connectivity index (χ3v) is 5.88. The van der Waals surface area contributed by atoms with Gasteiger partial charge in [-0.25, -0.2) is 4.98 Å². The van der Waals surface area contributed by atoms with E-state index in [0.717, 1.165) is 17.9 Å². The van der Waals surface area contributed by atoms with E-state index in [2.05, 4.69) is 4.98 Å². The van der Waals surface area contributed by atoms with E-state index in [9.17, 15) is 9.59 Å². The number of rotatable bonds is 4. The summed E-state index contributed by atoms with van der Waals surface area (Å²) in [4.78, 5) is 32.7. The average molecular weight is 387 g/mol. The number of ether oxygens (including phenoxy) is 1. The summed E-state index contributed by atoms with van der Waals surface area (Å²) in [5, 5.41) is 0. The first-order valence-electron chi connectivity index (χ1n) is 9.03. The molecule has 8 heteroatoms. The van der Waals surface area contributed by atoms with Gasteiger partial charge in [-0.2, -0.15) is 11.8 Å². The highest BCUT2D eigenvalue weighted by Crippen LogP contribution is 2.22. The molecule has 2 saturated heterocycles. The Labute approximate surface area is 161 Å². The minimum atomic E-state index is -0.139. The lowest BCUT2D eigenvalue weighted by molar-refractivity contribution is 0.0518. The van der Waals surface area contributed by atoms with E-state index < -0.39 is 0 Å². The van der Waals surface area contributed by atoms with Crippen molar-refractivity contribution in [1.82, 2.24) is 14.8 Å². The Bertz CT molecular complexity index is 780. The lowest BCUT2D eigenvalue weighted by Gasteiger charge is -2.34. The molecule has 7 nitrogen and oxygen atoms in total. The SMILES string of the molecule is O=C(c1ccc(OC2CCSC2)nc1)N1CCN(C(=O)c2ccco2)CC1. The summed E-state index contributed by atoms with van der Waals surface area (Å²) in [6.45, 7) is 1.95. The maximum atomic E-state index is 12.7. The predicted molar refractivity (Wildman–Crippen MR) is 101 cm³/mol. The van der Waals surface area contributed by atoms with Gasteiger partial charge in [0.05, 0.1) is 11.8 Å². The number of nitrogens with zero attached hydrogens (tertiary/aromatic N) is 3. The molecule has 2 aromatic heterocycles. The zero-order valence-electron chi connectivity index (χ0n) is 14.9. The zero-order valence-corrected chi connectivity index (χ0v) is 15.7. The smallest absolute Gasteiger partial charge is 0.289 e. The van der Waals surface area contributed by atoms with Gasteiger partial charge in [0, 0.05) is 44.2 Å². The van der Waals surface area contributed by atoms with E-state index >= 15 is 0 Å². The van der Waals surface area contributed by atoms with Gasteiger partial charge >= 0.3 is 0 Å². The zero-order chi connectivity index (χ0) is 18.6. The van der Waals surface area contributed by atoms with Gasteiger partial charge in [0.25, 0.3) is 11.8 Å². The standard InChI is InChI=1S/C19H21N3O4S/c23-18(14-3-4-17(20-12-14)26-15-5-11-27-13-15)21-6-8-22(9-7-21)19(24)16-2-1-10-25-16/h1-4,10,12,15H,5-9,11,13H2. The summed E-state index contributed by atoms with van der Waals surface area (Å²) in [5.41, 5.74) is 0.536. The Balaban J connectivity index is 1.31. The van der Waals surface area contributed by atoms with Crippen molar-refractivity contribution in [1.29, 1.82) is 0 Å². The molecule has 2 amide bonds. The van der Waals surface area contributed by atoms with E-state index in [1.165, 1.54) is 6.26 Å². The molecule has 1 unspecified atom stereocenters. The van der Waals surface area contributed by atoms with Crippen molar-refractivity contribution < 1.29 is 18.7 Å². The molecule has 0 radical (unpaired) electrons. The molecule has 2 aliphatic heterocycles. The number of hydrogen-bond acceptors (Lipinski definition) is 6. The van der Waals surface area contributed by atoms with E-state index in [1.807, 2.05) is 11.8 Å². The molecular weight excluding hydrogens is 366 g/mol.